The average Bonchev–Trinajstić information content (AvgIpc) is 2.74. The first-order valence-electron chi connectivity index (χ1n) is 10.1. The Hall–Kier alpha value is -2.90. The molecule has 7 heteroatoms. The van der Waals surface area contributed by atoms with Crippen LogP contribution < -0.4 is 15.4 Å². The minimum atomic E-state index is -0.530. The number of carbonyl (C=O) groups is 1. The van der Waals surface area contributed by atoms with Crippen LogP contribution in [0.1, 0.15) is 42.1 Å². The molecule has 3 aromatic rings. The highest BCUT2D eigenvalue weighted by atomic mass is 32.2. The third-order valence-corrected chi connectivity index (χ3v) is 6.16. The average molecular weight is 439 g/mol. The van der Waals surface area contributed by atoms with Crippen LogP contribution in [0.3, 0.4) is 0 Å². The van der Waals surface area contributed by atoms with Crippen LogP contribution in [0.5, 0.6) is 0 Å². The van der Waals surface area contributed by atoms with E-state index >= 15 is 0 Å². The zero-order valence-electron chi connectivity index (χ0n) is 18.1. The first-order chi connectivity index (χ1) is 14.8. The lowest BCUT2D eigenvalue weighted by molar-refractivity contribution is -0.117. The molecule has 0 saturated carbocycles. The van der Waals surface area contributed by atoms with Crippen molar-refractivity contribution in [3.63, 3.8) is 0 Å². The molecule has 0 radical (unpaired) electrons. The van der Waals surface area contributed by atoms with E-state index < -0.39 is 5.95 Å². The Morgan fingerprint density at radius 2 is 1.90 bits per heavy atom. The van der Waals surface area contributed by atoms with Crippen molar-refractivity contribution >= 4 is 29.4 Å². The monoisotopic (exact) mass is 438 g/mol. The standard InChI is InChI=1S/C24H27FN4OS/c1-15-13-22(31-28-24-11-7-10-23(25)27-24)16(2)12-21(15)29(18(4)30)17(3)20-9-6-5-8-19(20)14-26/h5-13,17H,14,26H2,1-4H3,(H,27,28)/t17-/m1/s1. The predicted molar refractivity (Wildman–Crippen MR) is 125 cm³/mol. The third kappa shape index (κ3) is 5.24. The van der Waals surface area contributed by atoms with Gasteiger partial charge in [-0.15, -0.1) is 0 Å². The molecule has 0 bridgehead atoms. The zero-order chi connectivity index (χ0) is 22.5. The van der Waals surface area contributed by atoms with E-state index in [2.05, 4.69) is 9.71 Å². The third-order valence-electron chi connectivity index (χ3n) is 5.19. The Morgan fingerprint density at radius 1 is 1.16 bits per heavy atom. The molecule has 0 saturated heterocycles. The second-order valence-electron chi connectivity index (χ2n) is 7.42. The molecule has 1 heterocycles. The van der Waals surface area contributed by atoms with E-state index in [0.29, 0.717) is 12.4 Å². The quantitative estimate of drug-likeness (QED) is 0.375. The Bertz CT molecular complexity index is 1090. The highest BCUT2D eigenvalue weighted by Gasteiger charge is 2.24. The van der Waals surface area contributed by atoms with Crippen LogP contribution in [0.4, 0.5) is 15.9 Å². The number of amides is 1. The number of pyridine rings is 1. The number of nitrogens with two attached hydrogens (primary N) is 1. The molecule has 0 aliphatic heterocycles. The fourth-order valence-corrected chi connectivity index (χ4v) is 4.42. The number of hydrogen-bond donors (Lipinski definition) is 2. The lowest BCUT2D eigenvalue weighted by Gasteiger charge is -2.32. The molecule has 1 amide bonds. The van der Waals surface area contributed by atoms with E-state index in [1.54, 1.807) is 19.1 Å². The number of benzene rings is 2. The number of halogens is 1. The SMILES string of the molecule is CC(=O)N(c1cc(C)c(SNc2cccc(F)n2)cc1C)[C@H](C)c1ccccc1CN. The molecular formula is C24H27FN4OS. The smallest absolute Gasteiger partial charge is 0.224 e. The molecule has 31 heavy (non-hydrogen) atoms. The lowest BCUT2D eigenvalue weighted by Crippen LogP contribution is -2.33. The number of rotatable bonds is 7. The number of anilines is 2. The number of aryl methyl sites for hydroxylation is 2. The van der Waals surface area contributed by atoms with Crippen molar-refractivity contribution in [2.24, 2.45) is 5.73 Å². The fourth-order valence-electron chi connectivity index (χ4n) is 3.63. The maximum absolute atomic E-state index is 13.3. The summed E-state index contributed by atoms with van der Waals surface area (Å²) in [5.41, 5.74) is 10.8. The van der Waals surface area contributed by atoms with Crippen LogP contribution in [0, 0.1) is 19.8 Å². The van der Waals surface area contributed by atoms with Gasteiger partial charge in [-0.25, -0.2) is 4.98 Å². The van der Waals surface area contributed by atoms with Gasteiger partial charge in [-0.3, -0.25) is 4.79 Å². The van der Waals surface area contributed by atoms with Gasteiger partial charge in [-0.2, -0.15) is 4.39 Å². The Balaban J connectivity index is 1.91. The van der Waals surface area contributed by atoms with Crippen LogP contribution in [-0.2, 0) is 11.3 Å². The highest BCUT2D eigenvalue weighted by molar-refractivity contribution is 8.00. The summed E-state index contributed by atoms with van der Waals surface area (Å²) in [4.78, 5) is 19.3. The lowest BCUT2D eigenvalue weighted by atomic mass is 9.98. The number of nitrogens with one attached hydrogen (secondary N) is 1. The van der Waals surface area contributed by atoms with Crippen LogP contribution in [0.2, 0.25) is 0 Å². The maximum Gasteiger partial charge on any atom is 0.224 e. The fraction of sp³-hybridized carbons (Fsp3) is 0.250. The van der Waals surface area contributed by atoms with Crippen molar-refractivity contribution < 1.29 is 9.18 Å². The molecule has 5 nitrogen and oxygen atoms in total. The van der Waals surface area contributed by atoms with Gasteiger partial charge in [-0.05, 0) is 79.2 Å². The van der Waals surface area contributed by atoms with Crippen LogP contribution in [0.25, 0.3) is 0 Å². The van der Waals surface area contributed by atoms with E-state index in [0.717, 1.165) is 32.8 Å². The molecule has 0 aliphatic rings. The largest absolute Gasteiger partial charge is 0.326 e. The van der Waals surface area contributed by atoms with E-state index in [1.165, 1.54) is 18.0 Å². The summed E-state index contributed by atoms with van der Waals surface area (Å²) in [6, 6.07) is 16.4. The summed E-state index contributed by atoms with van der Waals surface area (Å²) in [6.45, 7) is 7.99. The second-order valence-corrected chi connectivity index (χ2v) is 8.27. The minimum absolute atomic E-state index is 0.0377. The molecule has 0 unspecified atom stereocenters. The summed E-state index contributed by atoms with van der Waals surface area (Å²) in [7, 11) is 0. The summed E-state index contributed by atoms with van der Waals surface area (Å²) >= 11 is 1.36. The minimum Gasteiger partial charge on any atom is -0.326 e. The molecule has 0 fully saturated rings. The predicted octanol–water partition coefficient (Wildman–Crippen LogP) is 5.53. The molecule has 1 atom stereocenters. The van der Waals surface area contributed by atoms with Crippen molar-refractivity contribution in [3.05, 3.63) is 82.8 Å². The summed E-state index contributed by atoms with van der Waals surface area (Å²) < 4.78 is 16.4. The molecule has 2 aromatic carbocycles. The molecule has 162 valence electrons. The van der Waals surface area contributed by atoms with Gasteiger partial charge in [-0.1, -0.05) is 30.3 Å². The van der Waals surface area contributed by atoms with Gasteiger partial charge in [0.2, 0.25) is 11.9 Å². The van der Waals surface area contributed by atoms with E-state index in [1.807, 2.05) is 62.1 Å². The van der Waals surface area contributed by atoms with Crippen LogP contribution in [-0.4, -0.2) is 10.9 Å². The van der Waals surface area contributed by atoms with Crippen molar-refractivity contribution in [1.82, 2.24) is 4.98 Å². The zero-order valence-corrected chi connectivity index (χ0v) is 19.0. The number of aromatic nitrogens is 1. The van der Waals surface area contributed by atoms with Gasteiger partial charge in [0, 0.05) is 24.1 Å². The van der Waals surface area contributed by atoms with Crippen molar-refractivity contribution in [1.29, 1.82) is 0 Å². The van der Waals surface area contributed by atoms with Crippen LogP contribution in [0.15, 0.2) is 59.5 Å². The highest BCUT2D eigenvalue weighted by Crippen LogP contribution is 2.35. The molecule has 3 N–H and O–H groups in total. The number of hydrogen-bond acceptors (Lipinski definition) is 5. The second kappa shape index (κ2) is 9.94. The summed E-state index contributed by atoms with van der Waals surface area (Å²) in [6.07, 6.45) is 0. The van der Waals surface area contributed by atoms with Gasteiger partial charge in [0.1, 0.15) is 5.82 Å². The van der Waals surface area contributed by atoms with Crippen molar-refractivity contribution in [2.75, 3.05) is 9.62 Å². The first kappa shape index (κ1) is 22.8. The van der Waals surface area contributed by atoms with Crippen molar-refractivity contribution in [3.8, 4) is 0 Å². The van der Waals surface area contributed by atoms with Gasteiger partial charge >= 0.3 is 0 Å². The van der Waals surface area contributed by atoms with E-state index in [4.69, 9.17) is 5.73 Å². The van der Waals surface area contributed by atoms with Crippen LogP contribution >= 0.6 is 11.9 Å². The first-order valence-corrected chi connectivity index (χ1v) is 10.9. The van der Waals surface area contributed by atoms with E-state index in [9.17, 15) is 9.18 Å². The number of carbonyl (C=O) groups excluding carboxylic acids is 1. The molecule has 1 aromatic heterocycles. The molecule has 0 spiro atoms. The molecule has 0 aliphatic carbocycles. The normalized spacial score (nSPS) is 11.8. The van der Waals surface area contributed by atoms with Crippen molar-refractivity contribution in [2.45, 2.75) is 45.2 Å². The Kier molecular flexibility index (Phi) is 7.30. The topological polar surface area (TPSA) is 71.2 Å². The number of nitrogens with zero attached hydrogens (tertiary/aromatic N) is 2. The molecular weight excluding hydrogens is 411 g/mol. The van der Waals surface area contributed by atoms with E-state index in [-0.39, 0.29) is 11.9 Å². The van der Waals surface area contributed by atoms with Gasteiger partial charge in [0.25, 0.3) is 0 Å². The van der Waals surface area contributed by atoms with Gasteiger partial charge in [0.05, 0.1) is 6.04 Å². The molecule has 3 rings (SSSR count). The Morgan fingerprint density at radius 3 is 2.58 bits per heavy atom. The van der Waals surface area contributed by atoms with Gasteiger partial charge in [0.15, 0.2) is 0 Å². The maximum atomic E-state index is 13.3. The summed E-state index contributed by atoms with van der Waals surface area (Å²) in [5, 5.41) is 0. The Labute approximate surface area is 187 Å². The summed E-state index contributed by atoms with van der Waals surface area (Å²) in [5.74, 6) is -0.120. The van der Waals surface area contributed by atoms with Gasteiger partial charge < -0.3 is 15.4 Å².